The van der Waals surface area contributed by atoms with E-state index < -0.39 is 5.54 Å². The molecule has 0 bridgehead atoms. The van der Waals surface area contributed by atoms with Crippen molar-refractivity contribution in [3.8, 4) is 0 Å². The van der Waals surface area contributed by atoms with Gasteiger partial charge in [-0.05, 0) is 37.1 Å². The highest BCUT2D eigenvalue weighted by atomic mass is 16.5. The molecule has 0 radical (unpaired) electrons. The summed E-state index contributed by atoms with van der Waals surface area (Å²) < 4.78 is 4.74. The highest BCUT2D eigenvalue weighted by Crippen LogP contribution is 2.28. The second kappa shape index (κ2) is 6.69. The average Bonchev–Trinajstić information content (AvgIpc) is 2.89. The summed E-state index contributed by atoms with van der Waals surface area (Å²) in [5.74, 6) is -0.364. The first kappa shape index (κ1) is 15.5. The van der Waals surface area contributed by atoms with Crippen LogP contribution >= 0.6 is 0 Å². The van der Waals surface area contributed by atoms with Crippen molar-refractivity contribution in [3.05, 3.63) is 24.3 Å². The summed E-state index contributed by atoms with van der Waals surface area (Å²) in [5.41, 5.74) is 6.67. The third kappa shape index (κ3) is 4.03. The van der Waals surface area contributed by atoms with Gasteiger partial charge < -0.3 is 21.1 Å². The predicted molar refractivity (Wildman–Crippen MR) is 81.0 cm³/mol. The minimum absolute atomic E-state index is 0.00812. The number of carbonyl (C=O) groups is 2. The van der Waals surface area contributed by atoms with Crippen molar-refractivity contribution in [2.75, 3.05) is 24.4 Å². The van der Waals surface area contributed by atoms with Crippen LogP contribution in [0.2, 0.25) is 0 Å². The maximum Gasteiger partial charge on any atom is 0.250 e. The van der Waals surface area contributed by atoms with Gasteiger partial charge in [0.05, 0.1) is 5.54 Å². The Hall–Kier alpha value is -1.92. The molecule has 0 atom stereocenters. The first-order valence-corrected chi connectivity index (χ1v) is 7.03. The minimum atomic E-state index is -0.745. The van der Waals surface area contributed by atoms with Crippen LogP contribution in [-0.4, -0.2) is 31.1 Å². The van der Waals surface area contributed by atoms with Crippen molar-refractivity contribution in [3.63, 3.8) is 0 Å². The van der Waals surface area contributed by atoms with Crippen LogP contribution < -0.4 is 16.4 Å². The number of ether oxygens (including phenoxy) is 1. The first-order chi connectivity index (χ1) is 10.0. The third-order valence-corrected chi connectivity index (χ3v) is 3.65. The van der Waals surface area contributed by atoms with Crippen molar-refractivity contribution < 1.29 is 14.3 Å². The van der Waals surface area contributed by atoms with Crippen LogP contribution in [0.15, 0.2) is 24.3 Å². The Morgan fingerprint density at radius 2 is 1.67 bits per heavy atom. The zero-order chi connectivity index (χ0) is 15.3. The van der Waals surface area contributed by atoms with Gasteiger partial charge in [0.2, 0.25) is 11.8 Å². The van der Waals surface area contributed by atoms with Gasteiger partial charge in [0.15, 0.2) is 0 Å². The Morgan fingerprint density at radius 3 is 2.19 bits per heavy atom. The third-order valence-electron chi connectivity index (χ3n) is 3.65. The number of amides is 2. The maximum atomic E-state index is 12.2. The molecule has 0 saturated heterocycles. The lowest BCUT2D eigenvalue weighted by molar-refractivity contribution is -0.121. The Labute approximate surface area is 124 Å². The molecule has 6 heteroatoms. The molecular formula is C15H21N3O3. The molecular weight excluding hydrogens is 270 g/mol. The minimum Gasteiger partial charge on any atom is -0.375 e. The average molecular weight is 291 g/mol. The number of nitrogens with one attached hydrogen (secondary N) is 2. The summed E-state index contributed by atoms with van der Waals surface area (Å²) in [6.07, 6.45) is 3.44. The van der Waals surface area contributed by atoms with Gasteiger partial charge in [-0.25, -0.2) is 0 Å². The fourth-order valence-corrected chi connectivity index (χ4v) is 2.45. The Balaban J connectivity index is 1.93. The molecule has 0 spiro atoms. The number of hydrogen-bond acceptors (Lipinski definition) is 4. The standard InChI is InChI=1S/C15H21N3O3/c1-21-10-13(19)17-11-4-6-12(7-5-11)18-14(20)15(16)8-2-3-9-15/h4-7H,2-3,8-10,16H2,1H3,(H,17,19)(H,18,20). The Morgan fingerprint density at radius 1 is 1.14 bits per heavy atom. The highest BCUT2D eigenvalue weighted by Gasteiger charge is 2.36. The zero-order valence-corrected chi connectivity index (χ0v) is 12.1. The SMILES string of the molecule is COCC(=O)Nc1ccc(NC(=O)C2(N)CCCC2)cc1. The number of benzene rings is 1. The molecule has 0 unspecified atom stereocenters. The Bertz CT molecular complexity index is 507. The van der Waals surface area contributed by atoms with E-state index in [0.717, 1.165) is 25.7 Å². The molecule has 1 aliphatic carbocycles. The molecule has 0 heterocycles. The van der Waals surface area contributed by atoms with Crippen LogP contribution in [0.1, 0.15) is 25.7 Å². The predicted octanol–water partition coefficient (Wildman–Crippen LogP) is 1.48. The second-order valence-electron chi connectivity index (χ2n) is 5.38. The fourth-order valence-electron chi connectivity index (χ4n) is 2.45. The second-order valence-corrected chi connectivity index (χ2v) is 5.38. The van der Waals surface area contributed by atoms with Crippen LogP contribution in [0, 0.1) is 0 Å². The van der Waals surface area contributed by atoms with Crippen LogP contribution in [-0.2, 0) is 14.3 Å². The van der Waals surface area contributed by atoms with Crippen LogP contribution in [0.25, 0.3) is 0 Å². The lowest BCUT2D eigenvalue weighted by Crippen LogP contribution is -2.48. The summed E-state index contributed by atoms with van der Waals surface area (Å²) in [5, 5.41) is 5.51. The normalized spacial score (nSPS) is 16.5. The molecule has 114 valence electrons. The maximum absolute atomic E-state index is 12.2. The number of nitrogens with two attached hydrogens (primary N) is 1. The summed E-state index contributed by atoms with van der Waals surface area (Å²) in [4.78, 5) is 23.5. The van der Waals surface area contributed by atoms with E-state index in [1.165, 1.54) is 7.11 Å². The van der Waals surface area contributed by atoms with E-state index in [1.807, 2.05) is 0 Å². The van der Waals surface area contributed by atoms with Crippen LogP contribution in [0.4, 0.5) is 11.4 Å². The molecule has 0 aliphatic heterocycles. The molecule has 2 rings (SSSR count). The van der Waals surface area contributed by atoms with Gasteiger partial charge in [0, 0.05) is 18.5 Å². The quantitative estimate of drug-likeness (QED) is 0.766. The lowest BCUT2D eigenvalue weighted by Gasteiger charge is -2.22. The van der Waals surface area contributed by atoms with Gasteiger partial charge in [0.25, 0.3) is 0 Å². The molecule has 21 heavy (non-hydrogen) atoms. The number of hydrogen-bond donors (Lipinski definition) is 3. The van der Waals surface area contributed by atoms with E-state index >= 15 is 0 Å². The molecule has 0 aromatic heterocycles. The van der Waals surface area contributed by atoms with Crippen molar-refractivity contribution in [2.45, 2.75) is 31.2 Å². The summed E-state index contributed by atoms with van der Waals surface area (Å²) >= 11 is 0. The van der Waals surface area contributed by atoms with Gasteiger partial charge in [-0.15, -0.1) is 0 Å². The number of methoxy groups -OCH3 is 1. The lowest BCUT2D eigenvalue weighted by atomic mass is 9.98. The van der Waals surface area contributed by atoms with Gasteiger partial charge in [-0.2, -0.15) is 0 Å². The van der Waals surface area contributed by atoms with Crippen molar-refractivity contribution in [1.29, 1.82) is 0 Å². The first-order valence-electron chi connectivity index (χ1n) is 7.03. The largest absolute Gasteiger partial charge is 0.375 e. The van der Waals surface area contributed by atoms with Gasteiger partial charge in [0.1, 0.15) is 6.61 Å². The molecule has 2 amide bonds. The summed E-state index contributed by atoms with van der Waals surface area (Å²) in [7, 11) is 1.46. The molecule has 6 nitrogen and oxygen atoms in total. The smallest absolute Gasteiger partial charge is 0.250 e. The topological polar surface area (TPSA) is 93.5 Å². The van der Waals surface area contributed by atoms with Crippen molar-refractivity contribution in [1.82, 2.24) is 0 Å². The molecule has 1 saturated carbocycles. The molecule has 1 aromatic carbocycles. The summed E-state index contributed by atoms with van der Waals surface area (Å²) in [6.45, 7) is 0.00812. The van der Waals surface area contributed by atoms with E-state index in [1.54, 1.807) is 24.3 Å². The van der Waals surface area contributed by atoms with Crippen molar-refractivity contribution >= 4 is 23.2 Å². The van der Waals surface area contributed by atoms with E-state index in [4.69, 9.17) is 10.5 Å². The van der Waals surface area contributed by atoms with Gasteiger partial charge in [-0.1, -0.05) is 12.8 Å². The number of rotatable bonds is 5. The van der Waals surface area contributed by atoms with E-state index in [-0.39, 0.29) is 18.4 Å². The molecule has 4 N–H and O–H groups in total. The number of anilines is 2. The van der Waals surface area contributed by atoms with Crippen LogP contribution in [0.5, 0.6) is 0 Å². The fraction of sp³-hybridized carbons (Fsp3) is 0.467. The highest BCUT2D eigenvalue weighted by molar-refractivity contribution is 5.98. The van der Waals surface area contributed by atoms with Crippen molar-refractivity contribution in [2.24, 2.45) is 5.73 Å². The number of carbonyl (C=O) groups excluding carboxylic acids is 2. The zero-order valence-electron chi connectivity index (χ0n) is 12.1. The van der Waals surface area contributed by atoms with E-state index in [2.05, 4.69) is 10.6 Å². The van der Waals surface area contributed by atoms with Gasteiger partial charge >= 0.3 is 0 Å². The Kier molecular flexibility index (Phi) is 4.93. The molecule has 1 aliphatic rings. The van der Waals surface area contributed by atoms with E-state index in [0.29, 0.717) is 11.4 Å². The summed E-state index contributed by atoms with van der Waals surface area (Å²) in [6, 6.07) is 6.92. The van der Waals surface area contributed by atoms with Gasteiger partial charge in [-0.3, -0.25) is 9.59 Å². The monoisotopic (exact) mass is 291 g/mol. The molecule has 1 fully saturated rings. The van der Waals surface area contributed by atoms with Crippen LogP contribution in [0.3, 0.4) is 0 Å². The molecule has 1 aromatic rings. The van der Waals surface area contributed by atoms with E-state index in [9.17, 15) is 9.59 Å².